The molecule has 0 saturated heterocycles. The van der Waals surface area contributed by atoms with E-state index in [9.17, 15) is 0 Å². The molecule has 0 saturated carbocycles. The third-order valence-electron chi connectivity index (χ3n) is 2.54. The van der Waals surface area contributed by atoms with Crippen LogP contribution in [0.2, 0.25) is 0 Å². The van der Waals surface area contributed by atoms with Gasteiger partial charge in [-0.3, -0.25) is 0 Å². The first-order valence-corrected chi connectivity index (χ1v) is 5.89. The van der Waals surface area contributed by atoms with E-state index in [1.165, 1.54) is 0 Å². The Bertz CT molecular complexity index is 407. The molecule has 0 fully saturated rings. The molecule has 1 rings (SSSR count). The summed E-state index contributed by atoms with van der Waals surface area (Å²) in [6.45, 7) is 7.57. The van der Waals surface area contributed by atoms with E-state index < -0.39 is 0 Å². The van der Waals surface area contributed by atoms with Gasteiger partial charge in [0.15, 0.2) is 5.84 Å². The first-order chi connectivity index (χ1) is 8.60. The maximum absolute atomic E-state index is 8.65. The first kappa shape index (κ1) is 14.3. The highest BCUT2D eigenvalue weighted by Gasteiger charge is 2.08. The highest BCUT2D eigenvalue weighted by atomic mass is 16.5. The second kappa shape index (κ2) is 6.86. The monoisotopic (exact) mass is 252 g/mol. The molecule has 0 amide bonds. The van der Waals surface area contributed by atoms with Crippen molar-refractivity contribution in [3.63, 3.8) is 0 Å². The van der Waals surface area contributed by atoms with E-state index >= 15 is 0 Å². The van der Waals surface area contributed by atoms with Gasteiger partial charge in [-0.05, 0) is 44.0 Å². The van der Waals surface area contributed by atoms with Crippen LogP contribution >= 0.6 is 0 Å². The van der Waals surface area contributed by atoms with Crippen LogP contribution in [0.3, 0.4) is 0 Å². The maximum atomic E-state index is 8.65. The number of nitrogens with two attached hydrogens (primary N) is 1. The summed E-state index contributed by atoms with van der Waals surface area (Å²) in [5.74, 6) is 0.922. The second-order valence-corrected chi connectivity index (χ2v) is 3.97. The van der Waals surface area contributed by atoms with Crippen molar-refractivity contribution in [2.24, 2.45) is 10.9 Å². The predicted octanol–water partition coefficient (Wildman–Crippen LogP) is 1.81. The van der Waals surface area contributed by atoms with Crippen LogP contribution in [0.1, 0.15) is 23.6 Å². The molecule has 1 aromatic rings. The fraction of sp³-hybridized carbons (Fsp3) is 0.462. The second-order valence-electron chi connectivity index (χ2n) is 3.97. The average Bonchev–Trinajstić information content (AvgIpc) is 2.35. The highest BCUT2D eigenvalue weighted by molar-refractivity contribution is 5.97. The zero-order valence-electron chi connectivity index (χ0n) is 11.1. The van der Waals surface area contributed by atoms with Crippen LogP contribution in [0.5, 0.6) is 5.75 Å². The van der Waals surface area contributed by atoms with Crippen molar-refractivity contribution in [1.82, 2.24) is 0 Å². The van der Waals surface area contributed by atoms with Crippen molar-refractivity contribution in [2.45, 2.75) is 20.8 Å². The van der Waals surface area contributed by atoms with E-state index in [1.807, 2.05) is 32.9 Å². The third-order valence-corrected chi connectivity index (χ3v) is 2.54. The fourth-order valence-corrected chi connectivity index (χ4v) is 1.73. The van der Waals surface area contributed by atoms with E-state index in [1.54, 1.807) is 0 Å². The Morgan fingerprint density at radius 2 is 1.89 bits per heavy atom. The van der Waals surface area contributed by atoms with E-state index in [0.29, 0.717) is 25.4 Å². The van der Waals surface area contributed by atoms with Gasteiger partial charge in [-0.25, -0.2) is 0 Å². The van der Waals surface area contributed by atoms with Crippen LogP contribution in [0.4, 0.5) is 0 Å². The Morgan fingerprint density at radius 1 is 1.28 bits per heavy atom. The smallest absolute Gasteiger partial charge is 0.170 e. The molecule has 100 valence electrons. The van der Waals surface area contributed by atoms with E-state index in [-0.39, 0.29) is 5.84 Å². The van der Waals surface area contributed by atoms with E-state index in [0.717, 1.165) is 16.9 Å². The van der Waals surface area contributed by atoms with Crippen LogP contribution in [-0.4, -0.2) is 30.9 Å². The molecule has 0 spiro atoms. The van der Waals surface area contributed by atoms with Crippen LogP contribution in [-0.2, 0) is 4.74 Å². The van der Waals surface area contributed by atoms with Crippen molar-refractivity contribution in [2.75, 3.05) is 19.8 Å². The Balaban J connectivity index is 2.81. The zero-order chi connectivity index (χ0) is 13.5. The van der Waals surface area contributed by atoms with Crippen molar-refractivity contribution in [3.05, 3.63) is 28.8 Å². The summed E-state index contributed by atoms with van der Waals surface area (Å²) in [5.41, 5.74) is 8.15. The molecule has 0 atom stereocenters. The van der Waals surface area contributed by atoms with Gasteiger partial charge in [-0.15, -0.1) is 0 Å². The van der Waals surface area contributed by atoms with Gasteiger partial charge in [0.1, 0.15) is 12.4 Å². The summed E-state index contributed by atoms with van der Waals surface area (Å²) < 4.78 is 10.9. The van der Waals surface area contributed by atoms with E-state index in [2.05, 4.69) is 5.16 Å². The summed E-state index contributed by atoms with van der Waals surface area (Å²) in [6, 6.07) is 3.66. The largest absolute Gasteiger partial charge is 0.491 e. The number of oxime groups is 1. The number of hydrogen-bond donors (Lipinski definition) is 2. The Hall–Kier alpha value is -1.75. The van der Waals surface area contributed by atoms with Gasteiger partial charge >= 0.3 is 0 Å². The Kier molecular flexibility index (Phi) is 5.45. The summed E-state index contributed by atoms with van der Waals surface area (Å²) in [6.07, 6.45) is 0. The molecular weight excluding hydrogens is 232 g/mol. The minimum atomic E-state index is 0.0991. The summed E-state index contributed by atoms with van der Waals surface area (Å²) in [5, 5.41) is 11.6. The van der Waals surface area contributed by atoms with Crippen molar-refractivity contribution >= 4 is 5.84 Å². The molecule has 0 aliphatic carbocycles. The quantitative estimate of drug-likeness (QED) is 0.266. The molecule has 18 heavy (non-hydrogen) atoms. The minimum Gasteiger partial charge on any atom is -0.491 e. The van der Waals surface area contributed by atoms with Crippen molar-refractivity contribution in [1.29, 1.82) is 0 Å². The highest BCUT2D eigenvalue weighted by Crippen LogP contribution is 2.24. The molecule has 1 aromatic carbocycles. The average molecular weight is 252 g/mol. The lowest BCUT2D eigenvalue weighted by Crippen LogP contribution is -2.14. The Morgan fingerprint density at radius 3 is 2.39 bits per heavy atom. The van der Waals surface area contributed by atoms with Crippen LogP contribution in [0.25, 0.3) is 0 Å². The lowest BCUT2D eigenvalue weighted by atomic mass is 10.1. The molecule has 5 nitrogen and oxygen atoms in total. The van der Waals surface area contributed by atoms with Gasteiger partial charge in [0, 0.05) is 12.2 Å². The molecule has 0 heterocycles. The standard InChI is InChI=1S/C13H20N2O3/c1-4-17-5-6-18-12-9(2)7-11(8-10(12)3)13(14)15-16/h7-8,16H,4-6H2,1-3H3,(H2,14,15). The third kappa shape index (κ3) is 3.63. The SMILES string of the molecule is CCOCCOc1c(C)cc(C(N)=NO)cc1C. The van der Waals surface area contributed by atoms with Crippen LogP contribution < -0.4 is 10.5 Å². The lowest BCUT2D eigenvalue weighted by molar-refractivity contribution is 0.109. The molecule has 5 heteroatoms. The number of hydrogen-bond acceptors (Lipinski definition) is 4. The number of rotatable bonds is 6. The molecule has 0 aromatic heterocycles. The lowest BCUT2D eigenvalue weighted by Gasteiger charge is -2.13. The summed E-state index contributed by atoms with van der Waals surface area (Å²) in [4.78, 5) is 0. The van der Waals surface area contributed by atoms with Gasteiger partial charge in [0.05, 0.1) is 6.61 Å². The Labute approximate surface area is 107 Å². The van der Waals surface area contributed by atoms with Crippen molar-refractivity contribution < 1.29 is 14.7 Å². The van der Waals surface area contributed by atoms with Crippen LogP contribution in [0.15, 0.2) is 17.3 Å². The van der Waals surface area contributed by atoms with Gasteiger partial charge in [-0.1, -0.05) is 5.16 Å². The zero-order valence-corrected chi connectivity index (χ0v) is 11.1. The summed E-state index contributed by atoms with van der Waals surface area (Å²) in [7, 11) is 0. The molecular formula is C13H20N2O3. The minimum absolute atomic E-state index is 0.0991. The number of nitrogens with zero attached hydrogens (tertiary/aromatic N) is 1. The van der Waals surface area contributed by atoms with Gasteiger partial charge in [0.2, 0.25) is 0 Å². The molecule has 0 radical (unpaired) electrons. The summed E-state index contributed by atoms with van der Waals surface area (Å²) >= 11 is 0. The first-order valence-electron chi connectivity index (χ1n) is 5.89. The number of amidine groups is 1. The molecule has 3 N–H and O–H groups in total. The molecule has 0 aliphatic rings. The predicted molar refractivity (Wildman–Crippen MR) is 70.4 cm³/mol. The van der Waals surface area contributed by atoms with Crippen LogP contribution in [0, 0.1) is 13.8 Å². The maximum Gasteiger partial charge on any atom is 0.170 e. The number of benzene rings is 1. The number of aryl methyl sites for hydroxylation is 2. The molecule has 0 unspecified atom stereocenters. The van der Waals surface area contributed by atoms with Crippen molar-refractivity contribution in [3.8, 4) is 5.75 Å². The van der Waals surface area contributed by atoms with Gasteiger partial charge in [-0.2, -0.15) is 0 Å². The molecule has 0 aliphatic heterocycles. The fourth-order valence-electron chi connectivity index (χ4n) is 1.73. The normalized spacial score (nSPS) is 11.6. The molecule has 0 bridgehead atoms. The van der Waals surface area contributed by atoms with Gasteiger partial charge in [0.25, 0.3) is 0 Å². The number of ether oxygens (including phenoxy) is 2. The van der Waals surface area contributed by atoms with E-state index in [4.69, 9.17) is 20.4 Å². The topological polar surface area (TPSA) is 77.1 Å². The van der Waals surface area contributed by atoms with Gasteiger partial charge < -0.3 is 20.4 Å².